The zero-order chi connectivity index (χ0) is 17.5. The second kappa shape index (κ2) is 8.25. The van der Waals surface area contributed by atoms with Crippen LogP contribution in [0.1, 0.15) is 18.4 Å². The lowest BCUT2D eigenvalue weighted by molar-refractivity contribution is -0.117. The van der Waals surface area contributed by atoms with Crippen molar-refractivity contribution >= 4 is 23.3 Å². The minimum Gasteiger partial charge on any atom is -0.334 e. The molecule has 1 unspecified atom stereocenters. The lowest BCUT2D eigenvalue weighted by Gasteiger charge is -2.12. The van der Waals surface area contributed by atoms with E-state index in [2.05, 4.69) is 26.3 Å². The maximum absolute atomic E-state index is 12.1. The van der Waals surface area contributed by atoms with Crippen LogP contribution in [0.2, 0.25) is 0 Å². The van der Waals surface area contributed by atoms with Gasteiger partial charge in [-0.3, -0.25) is 9.78 Å². The van der Waals surface area contributed by atoms with Gasteiger partial charge in [0, 0.05) is 30.3 Å². The Balaban J connectivity index is 1.52. The summed E-state index contributed by atoms with van der Waals surface area (Å²) in [5.41, 5.74) is 2.24. The molecule has 2 heterocycles. The third kappa shape index (κ3) is 5.02. The van der Waals surface area contributed by atoms with E-state index in [4.69, 9.17) is 0 Å². The van der Waals surface area contributed by atoms with Gasteiger partial charge in [-0.25, -0.2) is 4.79 Å². The molecule has 7 heteroatoms. The molecule has 1 aliphatic rings. The zero-order valence-corrected chi connectivity index (χ0v) is 13.8. The number of carbonyl (C=O) groups is 2. The highest BCUT2D eigenvalue weighted by atomic mass is 16.2. The normalized spacial score (nSPS) is 16.2. The Hall–Kier alpha value is -2.93. The van der Waals surface area contributed by atoms with Crippen molar-refractivity contribution in [3.63, 3.8) is 0 Å². The van der Waals surface area contributed by atoms with Crippen LogP contribution >= 0.6 is 0 Å². The van der Waals surface area contributed by atoms with Crippen LogP contribution in [0.25, 0.3) is 0 Å². The van der Waals surface area contributed by atoms with Crippen molar-refractivity contribution in [2.24, 2.45) is 0 Å². The minimum absolute atomic E-state index is 0.0446. The van der Waals surface area contributed by atoms with Crippen LogP contribution in [-0.2, 0) is 11.3 Å². The Bertz CT molecular complexity index is 729. The zero-order valence-electron chi connectivity index (χ0n) is 13.8. The van der Waals surface area contributed by atoms with E-state index in [1.165, 1.54) is 0 Å². The third-order valence-corrected chi connectivity index (χ3v) is 3.97. The smallest absolute Gasteiger partial charge is 0.319 e. The highest BCUT2D eigenvalue weighted by molar-refractivity contribution is 5.96. The molecule has 3 rings (SSSR count). The van der Waals surface area contributed by atoms with E-state index in [0.717, 1.165) is 24.9 Å². The van der Waals surface area contributed by atoms with Crippen LogP contribution in [0.4, 0.5) is 16.2 Å². The van der Waals surface area contributed by atoms with E-state index in [9.17, 15) is 9.59 Å². The van der Waals surface area contributed by atoms with Gasteiger partial charge < -0.3 is 21.3 Å². The fourth-order valence-corrected chi connectivity index (χ4v) is 2.67. The largest absolute Gasteiger partial charge is 0.334 e. The number of benzene rings is 1. The summed E-state index contributed by atoms with van der Waals surface area (Å²) in [5, 5.41) is 11.6. The molecule has 0 spiro atoms. The SMILES string of the molecule is O=C(NCc1ccncc1)Nc1cccc(NC(=O)C2CCCN2)c1. The van der Waals surface area contributed by atoms with Crippen LogP contribution < -0.4 is 21.3 Å². The number of anilines is 2. The number of nitrogens with one attached hydrogen (secondary N) is 4. The fraction of sp³-hybridized carbons (Fsp3) is 0.278. The van der Waals surface area contributed by atoms with Gasteiger partial charge in [0.2, 0.25) is 5.91 Å². The van der Waals surface area contributed by atoms with Gasteiger partial charge in [0.15, 0.2) is 0 Å². The van der Waals surface area contributed by atoms with Crippen LogP contribution in [0.5, 0.6) is 0 Å². The number of amides is 3. The minimum atomic E-state index is -0.308. The molecule has 4 N–H and O–H groups in total. The molecular formula is C18H21N5O2. The third-order valence-electron chi connectivity index (χ3n) is 3.97. The quantitative estimate of drug-likeness (QED) is 0.671. The summed E-state index contributed by atoms with van der Waals surface area (Å²) in [5.74, 6) is -0.0446. The number of carbonyl (C=O) groups excluding carboxylic acids is 2. The molecule has 1 fully saturated rings. The van der Waals surface area contributed by atoms with E-state index in [1.807, 2.05) is 12.1 Å². The predicted molar refractivity (Wildman–Crippen MR) is 96.2 cm³/mol. The second-order valence-electron chi connectivity index (χ2n) is 5.88. The number of aromatic nitrogens is 1. The van der Waals surface area contributed by atoms with Gasteiger partial charge in [-0.2, -0.15) is 0 Å². The molecule has 0 aliphatic carbocycles. The maximum Gasteiger partial charge on any atom is 0.319 e. The van der Waals surface area contributed by atoms with Gasteiger partial charge in [-0.1, -0.05) is 6.07 Å². The van der Waals surface area contributed by atoms with Crippen LogP contribution in [0, 0.1) is 0 Å². The standard InChI is InChI=1S/C18H21N5O2/c24-17(16-5-2-8-20-16)22-14-3-1-4-15(11-14)23-18(25)21-12-13-6-9-19-10-7-13/h1,3-4,6-7,9-11,16,20H,2,5,8,12H2,(H,22,24)(H2,21,23,25). The van der Waals surface area contributed by atoms with E-state index >= 15 is 0 Å². The molecule has 3 amide bonds. The van der Waals surface area contributed by atoms with Crippen LogP contribution in [0.3, 0.4) is 0 Å². The predicted octanol–water partition coefficient (Wildman–Crippen LogP) is 2.09. The Morgan fingerprint density at radius 2 is 1.88 bits per heavy atom. The summed E-state index contributed by atoms with van der Waals surface area (Å²) in [6, 6.07) is 10.3. The average molecular weight is 339 g/mol. The molecule has 1 atom stereocenters. The van der Waals surface area contributed by atoms with E-state index < -0.39 is 0 Å². The molecule has 1 aromatic heterocycles. The van der Waals surface area contributed by atoms with Crippen molar-refractivity contribution in [1.82, 2.24) is 15.6 Å². The number of hydrogen-bond acceptors (Lipinski definition) is 4. The number of pyridine rings is 1. The van der Waals surface area contributed by atoms with Gasteiger partial charge in [-0.15, -0.1) is 0 Å². The number of nitrogens with zero attached hydrogens (tertiary/aromatic N) is 1. The van der Waals surface area contributed by atoms with Gasteiger partial charge >= 0.3 is 6.03 Å². The van der Waals surface area contributed by atoms with Crippen LogP contribution in [-0.4, -0.2) is 29.5 Å². The second-order valence-corrected chi connectivity index (χ2v) is 5.88. The molecule has 1 aromatic carbocycles. The van der Waals surface area contributed by atoms with E-state index in [0.29, 0.717) is 17.9 Å². The molecule has 0 radical (unpaired) electrons. The Kier molecular flexibility index (Phi) is 5.58. The van der Waals surface area contributed by atoms with Crippen molar-refractivity contribution in [2.45, 2.75) is 25.4 Å². The van der Waals surface area contributed by atoms with Crippen molar-refractivity contribution in [2.75, 3.05) is 17.2 Å². The summed E-state index contributed by atoms with van der Waals surface area (Å²) in [4.78, 5) is 28.1. The lowest BCUT2D eigenvalue weighted by atomic mass is 10.2. The van der Waals surface area contributed by atoms with E-state index in [1.54, 1.807) is 36.7 Å². The summed E-state index contributed by atoms with van der Waals surface area (Å²) in [6.45, 7) is 1.29. The van der Waals surface area contributed by atoms with Gasteiger partial charge in [0.05, 0.1) is 6.04 Å². The number of rotatable bonds is 5. The Morgan fingerprint density at radius 3 is 2.60 bits per heavy atom. The maximum atomic E-state index is 12.1. The van der Waals surface area contributed by atoms with Gasteiger partial charge in [-0.05, 0) is 55.3 Å². The molecular weight excluding hydrogens is 318 g/mol. The van der Waals surface area contributed by atoms with Crippen molar-refractivity contribution < 1.29 is 9.59 Å². The molecule has 1 aliphatic heterocycles. The molecule has 130 valence electrons. The summed E-state index contributed by atoms with van der Waals surface area (Å²) >= 11 is 0. The van der Waals surface area contributed by atoms with Crippen molar-refractivity contribution in [3.05, 3.63) is 54.4 Å². The topological polar surface area (TPSA) is 95.2 Å². The fourth-order valence-electron chi connectivity index (χ4n) is 2.67. The first-order valence-electron chi connectivity index (χ1n) is 8.29. The highest BCUT2D eigenvalue weighted by Gasteiger charge is 2.21. The van der Waals surface area contributed by atoms with Crippen LogP contribution in [0.15, 0.2) is 48.8 Å². The Morgan fingerprint density at radius 1 is 1.12 bits per heavy atom. The number of urea groups is 1. The first-order chi connectivity index (χ1) is 12.2. The molecule has 7 nitrogen and oxygen atoms in total. The van der Waals surface area contributed by atoms with Crippen molar-refractivity contribution in [1.29, 1.82) is 0 Å². The first-order valence-corrected chi connectivity index (χ1v) is 8.29. The molecule has 25 heavy (non-hydrogen) atoms. The molecule has 0 bridgehead atoms. The van der Waals surface area contributed by atoms with Gasteiger partial charge in [0.25, 0.3) is 0 Å². The monoisotopic (exact) mass is 339 g/mol. The van der Waals surface area contributed by atoms with E-state index in [-0.39, 0.29) is 18.0 Å². The molecule has 1 saturated heterocycles. The summed E-state index contributed by atoms with van der Waals surface area (Å²) in [6.07, 6.45) is 5.22. The highest BCUT2D eigenvalue weighted by Crippen LogP contribution is 2.16. The summed E-state index contributed by atoms with van der Waals surface area (Å²) < 4.78 is 0. The van der Waals surface area contributed by atoms with Crippen molar-refractivity contribution in [3.8, 4) is 0 Å². The first kappa shape index (κ1) is 16.9. The molecule has 2 aromatic rings. The molecule has 0 saturated carbocycles. The summed E-state index contributed by atoms with van der Waals surface area (Å²) in [7, 11) is 0. The number of hydrogen-bond donors (Lipinski definition) is 4. The average Bonchev–Trinajstić information content (AvgIpc) is 3.16. The van der Waals surface area contributed by atoms with Gasteiger partial charge in [0.1, 0.15) is 0 Å². The lowest BCUT2D eigenvalue weighted by Crippen LogP contribution is -2.35. The Labute approximate surface area is 146 Å².